The summed E-state index contributed by atoms with van der Waals surface area (Å²) in [7, 11) is -1.90. The highest BCUT2D eigenvalue weighted by Crippen LogP contribution is 2.21. The van der Waals surface area contributed by atoms with Crippen LogP contribution in [0.1, 0.15) is 18.9 Å². The molecule has 0 bridgehead atoms. The first-order chi connectivity index (χ1) is 10.3. The quantitative estimate of drug-likeness (QED) is 0.368. The molecule has 0 radical (unpaired) electrons. The normalized spacial score (nSPS) is 12.0. The Morgan fingerprint density at radius 1 is 1.36 bits per heavy atom. The van der Waals surface area contributed by atoms with Crippen molar-refractivity contribution in [3.8, 4) is 0 Å². The third kappa shape index (κ3) is 5.38. The summed E-state index contributed by atoms with van der Waals surface area (Å²) >= 11 is 1.80. The Hall–Kier alpha value is -1.48. The molecule has 0 saturated carbocycles. The van der Waals surface area contributed by atoms with Gasteiger partial charge >= 0.3 is 0 Å². The summed E-state index contributed by atoms with van der Waals surface area (Å²) in [5.41, 5.74) is 1.30. The second-order valence-corrected chi connectivity index (χ2v) is 6.40. The zero-order valence-electron chi connectivity index (χ0n) is 12.9. The average molecular weight is 345 g/mol. The van der Waals surface area contributed by atoms with Crippen molar-refractivity contribution >= 4 is 38.0 Å². The van der Waals surface area contributed by atoms with E-state index in [4.69, 9.17) is 4.74 Å². The molecule has 0 aliphatic heterocycles. The minimum Gasteiger partial charge on any atom is -0.726 e. The number of methoxy groups -OCH3 is 1. The number of para-hydroxylation sites is 1. The van der Waals surface area contributed by atoms with Gasteiger partial charge in [0.25, 0.3) is 5.01 Å². The van der Waals surface area contributed by atoms with Gasteiger partial charge in [-0.3, -0.25) is 4.18 Å². The zero-order chi connectivity index (χ0) is 16.8. The number of aryl methyl sites for hydroxylation is 1. The summed E-state index contributed by atoms with van der Waals surface area (Å²) in [6.07, 6.45) is 2.09. The highest BCUT2D eigenvalue weighted by molar-refractivity contribution is 7.80. The smallest absolute Gasteiger partial charge is 0.266 e. The molecule has 6 nitrogen and oxygen atoms in total. The van der Waals surface area contributed by atoms with Crippen molar-refractivity contribution in [1.29, 1.82) is 0 Å². The molecule has 0 atom stereocenters. The van der Waals surface area contributed by atoms with Gasteiger partial charge in [0.15, 0.2) is 0 Å². The number of rotatable bonds is 4. The van der Waals surface area contributed by atoms with Crippen molar-refractivity contribution in [2.75, 3.05) is 14.2 Å². The lowest BCUT2D eigenvalue weighted by atomic mass is 10.3. The van der Waals surface area contributed by atoms with Crippen LogP contribution in [0.25, 0.3) is 16.3 Å². The maximum absolute atomic E-state index is 9.22. The first kappa shape index (κ1) is 18.6. The summed E-state index contributed by atoms with van der Waals surface area (Å²) in [6.45, 7) is 5.12. The first-order valence-corrected chi connectivity index (χ1v) is 8.62. The van der Waals surface area contributed by atoms with E-state index in [0.29, 0.717) is 0 Å². The second kappa shape index (κ2) is 8.23. The van der Waals surface area contributed by atoms with E-state index in [1.807, 2.05) is 6.92 Å². The lowest BCUT2D eigenvalue weighted by molar-refractivity contribution is -0.665. The van der Waals surface area contributed by atoms with Gasteiger partial charge in [-0.05, 0) is 19.9 Å². The molecule has 0 aliphatic carbocycles. The van der Waals surface area contributed by atoms with Crippen molar-refractivity contribution in [2.24, 2.45) is 0 Å². The van der Waals surface area contributed by atoms with Crippen LogP contribution in [-0.2, 0) is 25.9 Å². The molecular formula is C14H19NO5S2. The Morgan fingerprint density at radius 2 is 1.95 bits per heavy atom. The van der Waals surface area contributed by atoms with E-state index < -0.39 is 10.4 Å². The second-order valence-electron chi connectivity index (χ2n) is 4.19. The van der Waals surface area contributed by atoms with E-state index >= 15 is 0 Å². The van der Waals surface area contributed by atoms with Crippen LogP contribution in [-0.4, -0.2) is 27.2 Å². The highest BCUT2D eigenvalue weighted by atomic mass is 32.3. The van der Waals surface area contributed by atoms with Gasteiger partial charge < -0.3 is 9.29 Å². The van der Waals surface area contributed by atoms with Crippen LogP contribution in [0.4, 0.5) is 0 Å². The predicted octanol–water partition coefficient (Wildman–Crippen LogP) is 2.31. The fourth-order valence-electron chi connectivity index (χ4n) is 1.72. The van der Waals surface area contributed by atoms with Crippen LogP contribution in [0.5, 0.6) is 0 Å². The molecule has 22 heavy (non-hydrogen) atoms. The molecule has 1 aromatic carbocycles. The van der Waals surface area contributed by atoms with Crippen LogP contribution in [0, 0.1) is 0 Å². The molecule has 2 rings (SSSR count). The van der Waals surface area contributed by atoms with Crippen LogP contribution < -0.4 is 4.57 Å². The van der Waals surface area contributed by atoms with E-state index in [0.717, 1.165) is 19.4 Å². The summed E-state index contributed by atoms with van der Waals surface area (Å²) in [5.74, 6) is 0.939. The van der Waals surface area contributed by atoms with Crippen LogP contribution >= 0.6 is 11.3 Å². The molecular weight excluding hydrogens is 326 g/mol. The molecule has 0 saturated heterocycles. The number of hydrogen-bond acceptors (Lipinski definition) is 6. The maximum atomic E-state index is 9.22. The minimum atomic E-state index is -4.41. The van der Waals surface area contributed by atoms with Gasteiger partial charge in [-0.15, -0.1) is 0 Å². The van der Waals surface area contributed by atoms with Crippen LogP contribution in [0.2, 0.25) is 0 Å². The topological polar surface area (TPSA) is 79.5 Å². The molecule has 1 heterocycles. The number of benzene rings is 1. The molecule has 0 aliphatic rings. The Bertz CT molecular complexity index is 750. The molecule has 0 amide bonds. The van der Waals surface area contributed by atoms with Gasteiger partial charge in [-0.25, -0.2) is 8.42 Å². The lowest BCUT2D eigenvalue weighted by Gasteiger charge is -1.98. The maximum Gasteiger partial charge on any atom is 0.266 e. The monoisotopic (exact) mass is 345 g/mol. The van der Waals surface area contributed by atoms with Crippen LogP contribution in [0.15, 0.2) is 30.0 Å². The minimum absolute atomic E-state index is 0.808. The molecule has 122 valence electrons. The van der Waals surface area contributed by atoms with Crippen molar-refractivity contribution in [1.82, 2.24) is 0 Å². The number of fused-ring (bicyclic) bond motifs is 1. The Morgan fingerprint density at radius 3 is 2.45 bits per heavy atom. The molecule has 0 unspecified atom stereocenters. The van der Waals surface area contributed by atoms with Crippen molar-refractivity contribution < 1.29 is 26.5 Å². The molecule has 0 spiro atoms. The first-order valence-electron chi connectivity index (χ1n) is 6.47. The predicted molar refractivity (Wildman–Crippen MR) is 85.1 cm³/mol. The van der Waals surface area contributed by atoms with Gasteiger partial charge in [0.1, 0.15) is 11.2 Å². The summed E-state index contributed by atoms with van der Waals surface area (Å²) < 4.78 is 39.9. The number of hydrogen-bond donors (Lipinski definition) is 0. The fraction of sp³-hybridized carbons (Fsp3) is 0.357. The van der Waals surface area contributed by atoms with Crippen molar-refractivity contribution in [3.63, 3.8) is 0 Å². The third-order valence-electron chi connectivity index (χ3n) is 2.81. The largest absolute Gasteiger partial charge is 0.726 e. The number of aromatic nitrogens is 1. The average Bonchev–Trinajstić information content (AvgIpc) is 2.83. The number of allylic oxidation sites excluding steroid dienone is 1. The lowest BCUT2D eigenvalue weighted by Crippen LogP contribution is -2.33. The Kier molecular flexibility index (Phi) is 6.95. The number of nitrogens with zero attached hydrogens (tertiary/aromatic N) is 1. The van der Waals surface area contributed by atoms with Gasteiger partial charge in [-0.1, -0.05) is 23.5 Å². The molecule has 2 aromatic rings. The summed E-state index contributed by atoms with van der Waals surface area (Å²) in [4.78, 5) is 0. The van der Waals surface area contributed by atoms with E-state index in [-0.39, 0.29) is 0 Å². The third-order valence-corrected chi connectivity index (χ3v) is 4.33. The molecule has 0 fully saturated rings. The summed E-state index contributed by atoms with van der Waals surface area (Å²) in [6, 6.07) is 8.48. The Labute approximate surface area is 134 Å². The Balaban J connectivity index is 0.000000346. The molecule has 1 aromatic heterocycles. The van der Waals surface area contributed by atoms with Gasteiger partial charge in [0, 0.05) is 6.07 Å². The van der Waals surface area contributed by atoms with Crippen molar-refractivity contribution in [3.05, 3.63) is 35.0 Å². The summed E-state index contributed by atoms with van der Waals surface area (Å²) in [5, 5.41) is 1.24. The van der Waals surface area contributed by atoms with E-state index in [1.54, 1.807) is 18.4 Å². The van der Waals surface area contributed by atoms with Gasteiger partial charge in [-0.2, -0.15) is 4.57 Å². The van der Waals surface area contributed by atoms with E-state index in [2.05, 4.69) is 46.0 Å². The van der Waals surface area contributed by atoms with Gasteiger partial charge in [0.05, 0.1) is 26.1 Å². The van der Waals surface area contributed by atoms with E-state index in [9.17, 15) is 13.0 Å². The standard InChI is InChI=1S/C13H16NOS.CH4O4S/c1-4-14-11-7-5-6-8-12(11)16-13(14)9-10(2)15-3;1-5-6(2,3)4/h5-9H,4H2,1-3H3;1H3,(H,2,3,4)/q+1;/p-1/b10-9+;. The number of thiazole rings is 1. The number of ether oxygens (including phenoxy) is 1. The zero-order valence-corrected chi connectivity index (χ0v) is 14.5. The fourth-order valence-corrected chi connectivity index (χ4v) is 2.94. The van der Waals surface area contributed by atoms with Crippen LogP contribution in [0.3, 0.4) is 0 Å². The SMILES string of the molecule is CC[n+]1c(/C=C(\C)OC)sc2ccccc21.COS(=O)(=O)[O-]. The van der Waals surface area contributed by atoms with E-state index in [1.165, 1.54) is 15.2 Å². The molecule has 0 N–H and O–H groups in total. The van der Waals surface area contributed by atoms with Crippen molar-refractivity contribution in [2.45, 2.75) is 20.4 Å². The highest BCUT2D eigenvalue weighted by Gasteiger charge is 2.16. The van der Waals surface area contributed by atoms with Gasteiger partial charge in [0.2, 0.25) is 15.9 Å². The molecule has 8 heteroatoms.